The van der Waals surface area contributed by atoms with Crippen LogP contribution in [0.25, 0.3) is 0 Å². The number of carbonyl (C=O) groups excluding carboxylic acids is 2. The van der Waals surface area contributed by atoms with E-state index in [9.17, 15) is 9.59 Å². The van der Waals surface area contributed by atoms with E-state index < -0.39 is 0 Å². The number of rotatable bonds is 3. The molecule has 2 fully saturated rings. The zero-order valence-corrected chi connectivity index (χ0v) is 14.6. The molecule has 0 saturated carbocycles. The fourth-order valence-corrected chi connectivity index (χ4v) is 4.20. The number of carbonyl (C=O) groups is 2. The number of aromatic nitrogens is 2. The van der Waals surface area contributed by atoms with Crippen LogP contribution in [0.2, 0.25) is 0 Å². The van der Waals surface area contributed by atoms with E-state index in [-0.39, 0.29) is 29.5 Å². The second kappa shape index (κ2) is 7.98. The Morgan fingerprint density at radius 1 is 1.29 bits per heavy atom. The van der Waals surface area contributed by atoms with Crippen LogP contribution in [0, 0.1) is 5.92 Å². The second-order valence-electron chi connectivity index (χ2n) is 6.40. The van der Waals surface area contributed by atoms with E-state index in [4.69, 9.17) is 0 Å². The molecular weight excluding hydrogens is 330 g/mol. The van der Waals surface area contributed by atoms with E-state index in [1.807, 2.05) is 23.7 Å². The maximum Gasteiger partial charge on any atom is 0.275 e. The molecular formula is C15H23N5O3S. The van der Waals surface area contributed by atoms with Crippen molar-refractivity contribution < 1.29 is 14.2 Å². The largest absolute Gasteiger partial charge is 0.347 e. The van der Waals surface area contributed by atoms with E-state index in [1.165, 1.54) is 6.20 Å². The van der Waals surface area contributed by atoms with Crippen LogP contribution >= 0.6 is 11.8 Å². The van der Waals surface area contributed by atoms with Gasteiger partial charge in [-0.2, -0.15) is 11.8 Å². The van der Waals surface area contributed by atoms with Crippen molar-refractivity contribution in [2.45, 2.75) is 18.9 Å². The summed E-state index contributed by atoms with van der Waals surface area (Å²) in [5, 5.41) is 9.96. The molecule has 3 rings (SSSR count). The third-order valence-corrected chi connectivity index (χ3v) is 5.47. The highest BCUT2D eigenvalue weighted by atomic mass is 32.2. The fourth-order valence-electron chi connectivity index (χ4n) is 3.30. The molecule has 3 heterocycles. The molecule has 9 heteroatoms. The van der Waals surface area contributed by atoms with Crippen molar-refractivity contribution in [3.05, 3.63) is 11.9 Å². The van der Waals surface area contributed by atoms with Crippen molar-refractivity contribution in [1.82, 2.24) is 25.4 Å². The normalized spacial score (nSPS) is 26.0. The molecule has 8 nitrogen and oxygen atoms in total. The van der Waals surface area contributed by atoms with Crippen molar-refractivity contribution >= 4 is 23.6 Å². The van der Waals surface area contributed by atoms with Gasteiger partial charge in [-0.15, -0.1) is 0 Å². The van der Waals surface area contributed by atoms with Gasteiger partial charge in [-0.1, -0.05) is 5.16 Å². The lowest BCUT2D eigenvalue weighted by molar-refractivity contribution is -0.135. The summed E-state index contributed by atoms with van der Waals surface area (Å²) in [6.45, 7) is 3.16. The number of likely N-dealkylation sites (tertiary alicyclic amines) is 1. The topological polar surface area (TPSA) is 91.6 Å². The molecule has 0 aliphatic carbocycles. The van der Waals surface area contributed by atoms with Gasteiger partial charge in [0.05, 0.1) is 5.92 Å². The van der Waals surface area contributed by atoms with Crippen LogP contribution in [-0.2, 0) is 4.79 Å². The molecule has 2 aliphatic heterocycles. The van der Waals surface area contributed by atoms with Gasteiger partial charge in [0.25, 0.3) is 5.91 Å². The molecule has 0 radical (unpaired) electrons. The Kier molecular flexibility index (Phi) is 5.72. The average molecular weight is 353 g/mol. The molecule has 1 N–H and O–H groups in total. The number of hydrogen-bond donors (Lipinski definition) is 1. The molecule has 0 bridgehead atoms. The van der Waals surface area contributed by atoms with Crippen LogP contribution in [0.4, 0.5) is 0 Å². The van der Waals surface area contributed by atoms with Gasteiger partial charge in [-0.25, -0.2) is 4.63 Å². The van der Waals surface area contributed by atoms with E-state index in [0.717, 1.165) is 50.5 Å². The highest BCUT2D eigenvalue weighted by Gasteiger charge is 2.31. The zero-order chi connectivity index (χ0) is 16.9. The van der Waals surface area contributed by atoms with Gasteiger partial charge in [-0.3, -0.25) is 9.59 Å². The summed E-state index contributed by atoms with van der Waals surface area (Å²) >= 11 is 1.90. The Labute approximate surface area is 145 Å². The number of nitrogens with one attached hydrogen (secondary N) is 1. The van der Waals surface area contributed by atoms with Crippen LogP contribution in [0.15, 0.2) is 10.8 Å². The smallest absolute Gasteiger partial charge is 0.275 e. The first-order valence-corrected chi connectivity index (χ1v) is 9.42. The minimum Gasteiger partial charge on any atom is -0.347 e. The van der Waals surface area contributed by atoms with Crippen LogP contribution in [0.1, 0.15) is 23.3 Å². The predicted molar refractivity (Wildman–Crippen MR) is 89.7 cm³/mol. The van der Waals surface area contributed by atoms with Gasteiger partial charge in [0.2, 0.25) is 5.91 Å². The SMILES string of the molecule is CN1C[C@@H](NC(=O)c2cnon2)CC[C@@H](C(=O)N2CCSCC2)C1. The van der Waals surface area contributed by atoms with Crippen molar-refractivity contribution in [2.24, 2.45) is 5.92 Å². The molecule has 132 valence electrons. The molecule has 1 aromatic rings. The van der Waals surface area contributed by atoms with Crippen LogP contribution < -0.4 is 5.32 Å². The molecule has 0 spiro atoms. The maximum atomic E-state index is 12.7. The molecule has 2 aliphatic rings. The van der Waals surface area contributed by atoms with Gasteiger partial charge < -0.3 is 15.1 Å². The summed E-state index contributed by atoms with van der Waals surface area (Å²) in [5.74, 6) is 2.04. The van der Waals surface area contributed by atoms with E-state index in [2.05, 4.69) is 25.2 Å². The Balaban J connectivity index is 1.56. The minimum absolute atomic E-state index is 0.00564. The van der Waals surface area contributed by atoms with Crippen LogP contribution in [0.3, 0.4) is 0 Å². The maximum absolute atomic E-state index is 12.7. The third-order valence-electron chi connectivity index (χ3n) is 4.53. The standard InChI is InChI=1S/C15H23N5O3S/c1-19-9-11(15(22)20-4-6-24-7-5-20)2-3-12(10-19)17-14(21)13-8-16-23-18-13/h8,11-12H,2-7,9-10H2,1H3,(H,17,21)/t11-,12+/m1/s1. The lowest BCUT2D eigenvalue weighted by Gasteiger charge is -2.30. The van der Waals surface area contributed by atoms with Gasteiger partial charge in [0.1, 0.15) is 6.20 Å². The number of likely N-dealkylation sites (N-methyl/N-ethyl adjacent to an activating group) is 1. The summed E-state index contributed by atoms with van der Waals surface area (Å²) in [7, 11) is 1.99. The summed E-state index contributed by atoms with van der Waals surface area (Å²) < 4.78 is 4.46. The Hall–Kier alpha value is -1.61. The number of amides is 2. The first kappa shape index (κ1) is 17.2. The number of hydrogen-bond acceptors (Lipinski definition) is 7. The van der Waals surface area contributed by atoms with Gasteiger partial charge in [-0.05, 0) is 25.0 Å². The Morgan fingerprint density at radius 3 is 2.79 bits per heavy atom. The quantitative estimate of drug-likeness (QED) is 0.823. The summed E-state index contributed by atoms with van der Waals surface area (Å²) in [6.07, 6.45) is 2.87. The van der Waals surface area contributed by atoms with E-state index >= 15 is 0 Å². The molecule has 2 amide bonds. The average Bonchev–Trinajstić information content (AvgIpc) is 3.07. The van der Waals surface area contributed by atoms with Crippen molar-refractivity contribution in [3.8, 4) is 0 Å². The summed E-state index contributed by atoms with van der Waals surface area (Å²) in [6, 6.07) is -0.00564. The lowest BCUT2D eigenvalue weighted by Crippen LogP contribution is -2.44. The molecule has 0 unspecified atom stereocenters. The van der Waals surface area contributed by atoms with Crippen LogP contribution in [-0.4, -0.2) is 82.7 Å². The van der Waals surface area contributed by atoms with Crippen molar-refractivity contribution in [3.63, 3.8) is 0 Å². The minimum atomic E-state index is -0.285. The van der Waals surface area contributed by atoms with Crippen LogP contribution in [0.5, 0.6) is 0 Å². The molecule has 1 aromatic heterocycles. The van der Waals surface area contributed by atoms with Gasteiger partial charge in [0, 0.05) is 43.7 Å². The van der Waals surface area contributed by atoms with Crippen molar-refractivity contribution in [2.75, 3.05) is 44.7 Å². The summed E-state index contributed by atoms with van der Waals surface area (Å²) in [4.78, 5) is 28.9. The van der Waals surface area contributed by atoms with Gasteiger partial charge in [0.15, 0.2) is 5.69 Å². The first-order valence-electron chi connectivity index (χ1n) is 8.27. The zero-order valence-electron chi connectivity index (χ0n) is 13.8. The van der Waals surface area contributed by atoms with Crippen molar-refractivity contribution in [1.29, 1.82) is 0 Å². The van der Waals surface area contributed by atoms with E-state index in [0.29, 0.717) is 0 Å². The molecule has 0 aromatic carbocycles. The number of thioether (sulfide) groups is 1. The van der Waals surface area contributed by atoms with Gasteiger partial charge >= 0.3 is 0 Å². The third kappa shape index (κ3) is 4.27. The monoisotopic (exact) mass is 353 g/mol. The Morgan fingerprint density at radius 2 is 2.08 bits per heavy atom. The summed E-state index contributed by atoms with van der Waals surface area (Å²) in [5.41, 5.74) is 0.181. The van der Waals surface area contributed by atoms with E-state index in [1.54, 1.807) is 0 Å². The predicted octanol–water partition coefficient (Wildman–Crippen LogP) is 0.0852. The highest BCUT2D eigenvalue weighted by Crippen LogP contribution is 2.20. The first-order chi connectivity index (χ1) is 11.6. The molecule has 2 saturated heterocycles. The Bertz CT molecular complexity index is 561. The number of nitrogens with zero attached hydrogens (tertiary/aromatic N) is 4. The fraction of sp³-hybridized carbons (Fsp3) is 0.733. The molecule has 2 atom stereocenters. The molecule has 24 heavy (non-hydrogen) atoms. The lowest BCUT2D eigenvalue weighted by atomic mass is 10.00. The highest BCUT2D eigenvalue weighted by molar-refractivity contribution is 7.99. The second-order valence-corrected chi connectivity index (χ2v) is 7.62.